The molecule has 0 aromatic rings. The number of nitrogens with one attached hydrogen (secondary N) is 2. The maximum atomic E-state index is 11.8. The number of nitrogens with two attached hydrogens (primary N) is 1. The van der Waals surface area contributed by atoms with Gasteiger partial charge in [-0.3, -0.25) is 4.79 Å². The molecule has 0 unspecified atom stereocenters. The summed E-state index contributed by atoms with van der Waals surface area (Å²) in [4.78, 5) is 33.4. The maximum absolute atomic E-state index is 11.8. The van der Waals surface area contributed by atoms with Gasteiger partial charge in [-0.05, 0) is 38.0 Å². The molecule has 1 fully saturated rings. The SMILES string of the molecule is CC1CCC(NC(=O)N[C@H](CCC(N)=O)C(=O)O)CC1. The summed E-state index contributed by atoms with van der Waals surface area (Å²) in [6.45, 7) is 2.18. The highest BCUT2D eigenvalue weighted by atomic mass is 16.4. The molecule has 0 saturated heterocycles. The van der Waals surface area contributed by atoms with Gasteiger partial charge in [0.25, 0.3) is 0 Å². The Morgan fingerprint density at radius 1 is 1.25 bits per heavy atom. The van der Waals surface area contributed by atoms with E-state index < -0.39 is 23.9 Å². The van der Waals surface area contributed by atoms with Gasteiger partial charge < -0.3 is 21.5 Å². The number of primary amides is 1. The van der Waals surface area contributed by atoms with E-state index in [4.69, 9.17) is 10.8 Å². The molecule has 0 aromatic carbocycles. The smallest absolute Gasteiger partial charge is 0.326 e. The highest BCUT2D eigenvalue weighted by molar-refractivity contribution is 5.83. The minimum atomic E-state index is -1.17. The number of rotatable bonds is 6. The maximum Gasteiger partial charge on any atom is 0.326 e. The van der Waals surface area contributed by atoms with E-state index in [2.05, 4.69) is 17.6 Å². The van der Waals surface area contributed by atoms with Crippen LogP contribution in [0.4, 0.5) is 4.79 Å². The number of hydrogen-bond donors (Lipinski definition) is 4. The summed E-state index contributed by atoms with van der Waals surface area (Å²) < 4.78 is 0. The zero-order valence-electron chi connectivity index (χ0n) is 11.7. The second-order valence-electron chi connectivity index (χ2n) is 5.47. The molecule has 7 heteroatoms. The van der Waals surface area contributed by atoms with Crippen LogP contribution in [0.1, 0.15) is 45.4 Å². The lowest BCUT2D eigenvalue weighted by Crippen LogP contribution is -2.49. The number of carbonyl (C=O) groups excluding carboxylic acids is 2. The van der Waals surface area contributed by atoms with Crippen LogP contribution in [-0.2, 0) is 9.59 Å². The number of carboxylic acids is 1. The minimum Gasteiger partial charge on any atom is -0.480 e. The molecule has 1 aliphatic carbocycles. The molecule has 20 heavy (non-hydrogen) atoms. The van der Waals surface area contributed by atoms with Gasteiger partial charge in [0.1, 0.15) is 6.04 Å². The number of urea groups is 1. The minimum absolute atomic E-state index is 0.000211. The molecule has 5 N–H and O–H groups in total. The fourth-order valence-corrected chi connectivity index (χ4v) is 2.33. The molecule has 0 aromatic heterocycles. The number of hydrogen-bond acceptors (Lipinski definition) is 3. The fraction of sp³-hybridized carbons (Fsp3) is 0.769. The largest absolute Gasteiger partial charge is 0.480 e. The van der Waals surface area contributed by atoms with Crippen molar-refractivity contribution in [2.24, 2.45) is 11.7 Å². The van der Waals surface area contributed by atoms with E-state index in [1.165, 1.54) is 0 Å². The van der Waals surface area contributed by atoms with Gasteiger partial charge in [0, 0.05) is 12.5 Å². The molecule has 1 saturated carbocycles. The first-order valence-corrected chi connectivity index (χ1v) is 6.96. The first-order valence-electron chi connectivity index (χ1n) is 6.96. The first kappa shape index (κ1) is 16.3. The van der Waals surface area contributed by atoms with Crippen LogP contribution in [0.15, 0.2) is 0 Å². The Kier molecular flexibility index (Phi) is 6.27. The van der Waals surface area contributed by atoms with E-state index in [-0.39, 0.29) is 18.9 Å². The summed E-state index contributed by atoms with van der Waals surface area (Å²) in [6, 6.07) is -1.50. The van der Waals surface area contributed by atoms with Crippen LogP contribution in [0.3, 0.4) is 0 Å². The third-order valence-corrected chi connectivity index (χ3v) is 3.63. The van der Waals surface area contributed by atoms with Crippen LogP contribution < -0.4 is 16.4 Å². The van der Waals surface area contributed by atoms with Gasteiger partial charge in [0.15, 0.2) is 0 Å². The first-order chi connectivity index (χ1) is 9.38. The van der Waals surface area contributed by atoms with Crippen LogP contribution in [0, 0.1) is 5.92 Å². The van der Waals surface area contributed by atoms with Crippen LogP contribution in [0.2, 0.25) is 0 Å². The number of carbonyl (C=O) groups is 3. The molecular weight excluding hydrogens is 262 g/mol. The number of aliphatic carboxylic acids is 1. The summed E-state index contributed by atoms with van der Waals surface area (Å²) >= 11 is 0. The molecule has 3 amide bonds. The van der Waals surface area contributed by atoms with Gasteiger partial charge >= 0.3 is 12.0 Å². The molecule has 0 radical (unpaired) electrons. The predicted molar refractivity (Wildman–Crippen MR) is 72.9 cm³/mol. The predicted octanol–water partition coefficient (Wildman–Crippen LogP) is 0.583. The molecule has 7 nitrogen and oxygen atoms in total. The van der Waals surface area contributed by atoms with E-state index >= 15 is 0 Å². The van der Waals surface area contributed by atoms with Gasteiger partial charge in [0.2, 0.25) is 5.91 Å². The lowest BCUT2D eigenvalue weighted by Gasteiger charge is -2.27. The molecule has 114 valence electrons. The normalized spacial score (nSPS) is 23.6. The molecule has 1 rings (SSSR count). The Morgan fingerprint density at radius 2 is 1.85 bits per heavy atom. The Labute approximate surface area is 118 Å². The van der Waals surface area contributed by atoms with Gasteiger partial charge in [-0.15, -0.1) is 0 Å². The summed E-state index contributed by atoms with van der Waals surface area (Å²) in [5.41, 5.74) is 4.97. The molecule has 0 bridgehead atoms. The van der Waals surface area contributed by atoms with Crippen molar-refractivity contribution in [2.45, 2.75) is 57.5 Å². The van der Waals surface area contributed by atoms with E-state index in [1.807, 2.05) is 0 Å². The molecular formula is C13H23N3O4. The quantitative estimate of drug-likeness (QED) is 0.570. The van der Waals surface area contributed by atoms with Crippen molar-refractivity contribution in [3.8, 4) is 0 Å². The molecule has 1 atom stereocenters. The van der Waals surface area contributed by atoms with E-state index in [1.54, 1.807) is 0 Å². The van der Waals surface area contributed by atoms with Crippen molar-refractivity contribution in [1.29, 1.82) is 0 Å². The van der Waals surface area contributed by atoms with Crippen molar-refractivity contribution in [1.82, 2.24) is 10.6 Å². The monoisotopic (exact) mass is 285 g/mol. The third kappa shape index (κ3) is 5.90. The van der Waals surface area contributed by atoms with E-state index in [0.29, 0.717) is 5.92 Å². The van der Waals surface area contributed by atoms with Crippen molar-refractivity contribution < 1.29 is 19.5 Å². The van der Waals surface area contributed by atoms with Crippen molar-refractivity contribution >= 4 is 17.9 Å². The molecule has 1 aliphatic rings. The van der Waals surface area contributed by atoms with Crippen molar-refractivity contribution in [3.05, 3.63) is 0 Å². The average Bonchev–Trinajstić information content (AvgIpc) is 2.36. The standard InChI is InChI=1S/C13H23N3O4/c1-8-2-4-9(5-3-8)15-13(20)16-10(12(18)19)6-7-11(14)17/h8-10H,2-7H2,1H3,(H2,14,17)(H,18,19)(H2,15,16,20)/t8?,9?,10-/m1/s1. The van der Waals surface area contributed by atoms with Gasteiger partial charge in [-0.25, -0.2) is 9.59 Å². The fourth-order valence-electron chi connectivity index (χ4n) is 2.33. The van der Waals surface area contributed by atoms with Gasteiger partial charge in [-0.2, -0.15) is 0 Å². The zero-order chi connectivity index (χ0) is 15.1. The van der Waals surface area contributed by atoms with Crippen LogP contribution >= 0.6 is 0 Å². The number of amides is 3. The summed E-state index contributed by atoms with van der Waals surface area (Å²) in [5.74, 6) is -1.07. The highest BCUT2D eigenvalue weighted by Crippen LogP contribution is 2.23. The molecule has 0 aliphatic heterocycles. The van der Waals surface area contributed by atoms with Crippen molar-refractivity contribution in [3.63, 3.8) is 0 Å². The van der Waals surface area contributed by atoms with Crippen molar-refractivity contribution in [2.75, 3.05) is 0 Å². The van der Waals surface area contributed by atoms with E-state index in [0.717, 1.165) is 25.7 Å². The summed E-state index contributed by atoms with van der Waals surface area (Å²) in [7, 11) is 0. The second-order valence-corrected chi connectivity index (χ2v) is 5.47. The Bertz CT molecular complexity index is 365. The molecule has 0 heterocycles. The highest BCUT2D eigenvalue weighted by Gasteiger charge is 2.23. The lowest BCUT2D eigenvalue weighted by atomic mass is 9.87. The topological polar surface area (TPSA) is 122 Å². The third-order valence-electron chi connectivity index (χ3n) is 3.63. The second kappa shape index (κ2) is 7.72. The molecule has 0 spiro atoms. The summed E-state index contributed by atoms with van der Waals surface area (Å²) in [6.07, 6.45) is 3.88. The Morgan fingerprint density at radius 3 is 2.35 bits per heavy atom. The van der Waals surface area contributed by atoms with Gasteiger partial charge in [-0.1, -0.05) is 6.92 Å². The lowest BCUT2D eigenvalue weighted by molar-refractivity contribution is -0.139. The van der Waals surface area contributed by atoms with Crippen LogP contribution in [0.5, 0.6) is 0 Å². The average molecular weight is 285 g/mol. The summed E-state index contributed by atoms with van der Waals surface area (Å²) in [5, 5.41) is 14.1. The number of carboxylic acid groups (broad SMARTS) is 1. The zero-order valence-corrected chi connectivity index (χ0v) is 11.7. The van der Waals surface area contributed by atoms with Crippen LogP contribution in [-0.4, -0.2) is 35.1 Å². The van der Waals surface area contributed by atoms with E-state index in [9.17, 15) is 14.4 Å². The van der Waals surface area contributed by atoms with Gasteiger partial charge in [0.05, 0.1) is 0 Å². The Hall–Kier alpha value is -1.79. The van der Waals surface area contributed by atoms with Crippen LogP contribution in [0.25, 0.3) is 0 Å². The Balaban J connectivity index is 2.37.